The Hall–Kier alpha value is -1.75. The molecule has 0 heterocycles. The Kier molecular flexibility index (Phi) is 3.26. The number of nitriles is 1. The number of para-hydroxylation sites is 1. The molecule has 0 radical (unpaired) electrons. The van der Waals surface area contributed by atoms with Crippen molar-refractivity contribution in [2.75, 3.05) is 7.11 Å². The van der Waals surface area contributed by atoms with Crippen molar-refractivity contribution in [1.29, 1.82) is 5.26 Å². The molecule has 0 fully saturated rings. The van der Waals surface area contributed by atoms with Crippen LogP contribution in [0.5, 0.6) is 5.75 Å². The van der Waals surface area contributed by atoms with Crippen LogP contribution in [0.4, 0.5) is 0 Å². The van der Waals surface area contributed by atoms with Crippen LogP contribution in [0.2, 0.25) is 0 Å². The minimum absolute atomic E-state index is 0.217. The SMILES string of the molecule is COc1ccccc1C1CCCC=C1C#N. The lowest BCUT2D eigenvalue weighted by Crippen LogP contribution is -2.07. The molecule has 0 N–H and O–H groups in total. The summed E-state index contributed by atoms with van der Waals surface area (Å²) in [6, 6.07) is 10.3. The van der Waals surface area contributed by atoms with Crippen LogP contribution >= 0.6 is 0 Å². The second-order valence-corrected chi connectivity index (χ2v) is 4.00. The van der Waals surface area contributed by atoms with Gasteiger partial charge in [-0.05, 0) is 25.3 Å². The lowest BCUT2D eigenvalue weighted by atomic mass is 9.83. The van der Waals surface area contributed by atoms with Crippen LogP contribution in [0.3, 0.4) is 0 Å². The third kappa shape index (κ3) is 1.94. The van der Waals surface area contributed by atoms with Gasteiger partial charge >= 0.3 is 0 Å². The average Bonchev–Trinajstić information content (AvgIpc) is 2.38. The number of hydrogen-bond donors (Lipinski definition) is 0. The van der Waals surface area contributed by atoms with Crippen LogP contribution in [0.1, 0.15) is 30.7 Å². The van der Waals surface area contributed by atoms with Crippen LogP contribution in [-0.4, -0.2) is 7.11 Å². The summed E-state index contributed by atoms with van der Waals surface area (Å²) in [5.41, 5.74) is 2.02. The van der Waals surface area contributed by atoms with Gasteiger partial charge in [0.1, 0.15) is 5.75 Å². The third-order valence-electron chi connectivity index (χ3n) is 3.08. The monoisotopic (exact) mass is 213 g/mol. The molecule has 1 atom stereocenters. The number of ether oxygens (including phenoxy) is 1. The van der Waals surface area contributed by atoms with Gasteiger partial charge in [-0.25, -0.2) is 0 Å². The van der Waals surface area contributed by atoms with E-state index in [1.165, 1.54) is 0 Å². The van der Waals surface area contributed by atoms with Crippen molar-refractivity contribution in [3.63, 3.8) is 0 Å². The standard InChI is InChI=1S/C14H15NO/c1-16-14-9-5-4-8-13(14)12-7-3-2-6-11(12)10-15/h4-6,8-9,12H,2-3,7H2,1H3. The molecule has 0 saturated heterocycles. The second-order valence-electron chi connectivity index (χ2n) is 4.00. The summed E-state index contributed by atoms with van der Waals surface area (Å²) in [5.74, 6) is 1.10. The number of hydrogen-bond acceptors (Lipinski definition) is 2. The van der Waals surface area contributed by atoms with E-state index in [0.717, 1.165) is 36.1 Å². The first-order valence-electron chi connectivity index (χ1n) is 5.60. The highest BCUT2D eigenvalue weighted by Gasteiger charge is 2.22. The summed E-state index contributed by atoms with van der Waals surface area (Å²) >= 11 is 0. The van der Waals surface area contributed by atoms with Crippen LogP contribution in [-0.2, 0) is 0 Å². The molecular formula is C14H15NO. The summed E-state index contributed by atoms with van der Waals surface area (Å²) in [6.07, 6.45) is 5.27. The first kappa shape index (κ1) is 10.8. The Bertz CT molecular complexity index is 442. The Morgan fingerprint density at radius 2 is 2.19 bits per heavy atom. The minimum Gasteiger partial charge on any atom is -0.496 e. The summed E-state index contributed by atoms with van der Waals surface area (Å²) in [7, 11) is 1.68. The van der Waals surface area contributed by atoms with Gasteiger partial charge in [-0.3, -0.25) is 0 Å². The van der Waals surface area contributed by atoms with Crippen LogP contribution in [0.15, 0.2) is 35.9 Å². The maximum absolute atomic E-state index is 9.13. The molecule has 0 bridgehead atoms. The van der Waals surface area contributed by atoms with Gasteiger partial charge < -0.3 is 4.74 Å². The fraction of sp³-hybridized carbons (Fsp3) is 0.357. The quantitative estimate of drug-likeness (QED) is 0.754. The average molecular weight is 213 g/mol. The second kappa shape index (κ2) is 4.85. The zero-order valence-corrected chi connectivity index (χ0v) is 9.44. The normalized spacial score (nSPS) is 19.8. The highest BCUT2D eigenvalue weighted by molar-refractivity contribution is 5.45. The van der Waals surface area contributed by atoms with Gasteiger partial charge in [0.15, 0.2) is 0 Å². The first-order chi connectivity index (χ1) is 7.86. The molecule has 1 aromatic rings. The van der Waals surface area contributed by atoms with E-state index < -0.39 is 0 Å². The van der Waals surface area contributed by atoms with E-state index in [2.05, 4.69) is 18.2 Å². The fourth-order valence-electron chi connectivity index (χ4n) is 2.28. The summed E-state index contributed by atoms with van der Waals surface area (Å²) < 4.78 is 5.35. The summed E-state index contributed by atoms with van der Waals surface area (Å²) in [4.78, 5) is 0. The van der Waals surface area contributed by atoms with Crippen molar-refractivity contribution in [3.05, 3.63) is 41.5 Å². The van der Waals surface area contributed by atoms with Gasteiger partial charge in [-0.15, -0.1) is 0 Å². The zero-order chi connectivity index (χ0) is 11.4. The van der Waals surface area contributed by atoms with Gasteiger partial charge in [0, 0.05) is 17.1 Å². The van der Waals surface area contributed by atoms with Gasteiger partial charge in [-0.2, -0.15) is 5.26 Å². The number of allylic oxidation sites excluding steroid dienone is 2. The lowest BCUT2D eigenvalue weighted by Gasteiger charge is -2.22. The van der Waals surface area contributed by atoms with E-state index in [-0.39, 0.29) is 5.92 Å². The highest BCUT2D eigenvalue weighted by Crippen LogP contribution is 2.37. The Morgan fingerprint density at radius 1 is 1.38 bits per heavy atom. The molecule has 0 aromatic heterocycles. The predicted octanol–water partition coefficient (Wildman–Crippen LogP) is 3.41. The van der Waals surface area contributed by atoms with Crippen LogP contribution in [0, 0.1) is 11.3 Å². The summed E-state index contributed by atoms with van der Waals surface area (Å²) in [5, 5.41) is 9.13. The molecule has 2 rings (SSSR count). The molecule has 1 aromatic carbocycles. The molecule has 16 heavy (non-hydrogen) atoms. The maximum Gasteiger partial charge on any atom is 0.122 e. The molecule has 0 spiro atoms. The molecule has 1 unspecified atom stereocenters. The van der Waals surface area contributed by atoms with Crippen LogP contribution in [0.25, 0.3) is 0 Å². The zero-order valence-electron chi connectivity index (χ0n) is 9.44. The van der Waals surface area contributed by atoms with Gasteiger partial charge in [-0.1, -0.05) is 24.3 Å². The van der Waals surface area contributed by atoms with E-state index in [4.69, 9.17) is 10.00 Å². The molecule has 2 heteroatoms. The topological polar surface area (TPSA) is 33.0 Å². The lowest BCUT2D eigenvalue weighted by molar-refractivity contribution is 0.405. The maximum atomic E-state index is 9.13. The van der Waals surface area contributed by atoms with Crippen LogP contribution < -0.4 is 4.74 Å². The van der Waals surface area contributed by atoms with Crippen molar-refractivity contribution in [2.24, 2.45) is 0 Å². The number of benzene rings is 1. The molecule has 1 aliphatic rings. The molecule has 0 saturated carbocycles. The summed E-state index contributed by atoms with van der Waals surface area (Å²) in [6.45, 7) is 0. The van der Waals surface area contributed by atoms with E-state index in [0.29, 0.717) is 0 Å². The highest BCUT2D eigenvalue weighted by atomic mass is 16.5. The molecule has 0 aliphatic heterocycles. The van der Waals surface area contributed by atoms with Gasteiger partial charge in [0.2, 0.25) is 0 Å². The van der Waals surface area contributed by atoms with Crippen molar-refractivity contribution in [1.82, 2.24) is 0 Å². The molecule has 2 nitrogen and oxygen atoms in total. The van der Waals surface area contributed by atoms with E-state index >= 15 is 0 Å². The molecular weight excluding hydrogens is 198 g/mol. The van der Waals surface area contributed by atoms with Crippen molar-refractivity contribution in [2.45, 2.75) is 25.2 Å². The molecule has 1 aliphatic carbocycles. The first-order valence-corrected chi connectivity index (χ1v) is 5.60. The van der Waals surface area contributed by atoms with Crippen molar-refractivity contribution < 1.29 is 4.74 Å². The smallest absolute Gasteiger partial charge is 0.122 e. The number of nitrogens with zero attached hydrogens (tertiary/aromatic N) is 1. The number of methoxy groups -OCH3 is 1. The third-order valence-corrected chi connectivity index (χ3v) is 3.08. The Morgan fingerprint density at radius 3 is 2.94 bits per heavy atom. The predicted molar refractivity (Wildman–Crippen MR) is 63.3 cm³/mol. The fourth-order valence-corrected chi connectivity index (χ4v) is 2.28. The minimum atomic E-state index is 0.217. The van der Waals surface area contributed by atoms with E-state index in [1.54, 1.807) is 7.11 Å². The Labute approximate surface area is 96.2 Å². The van der Waals surface area contributed by atoms with Gasteiger partial charge in [0.05, 0.1) is 13.2 Å². The molecule has 0 amide bonds. The van der Waals surface area contributed by atoms with Crippen molar-refractivity contribution >= 4 is 0 Å². The van der Waals surface area contributed by atoms with E-state index in [9.17, 15) is 0 Å². The van der Waals surface area contributed by atoms with Crippen molar-refractivity contribution in [3.8, 4) is 11.8 Å². The van der Waals surface area contributed by atoms with Gasteiger partial charge in [0.25, 0.3) is 0 Å². The Balaban J connectivity index is 2.40. The number of rotatable bonds is 2. The van der Waals surface area contributed by atoms with E-state index in [1.807, 2.05) is 18.2 Å². The largest absolute Gasteiger partial charge is 0.496 e. The molecule has 82 valence electrons.